The number of aromatic nitrogens is 2. The minimum absolute atomic E-state index is 0.0961. The van der Waals surface area contributed by atoms with Crippen molar-refractivity contribution in [1.82, 2.24) is 24.5 Å². The third kappa shape index (κ3) is 3.96. The van der Waals surface area contributed by atoms with Crippen molar-refractivity contribution in [2.75, 3.05) is 47.4 Å². The van der Waals surface area contributed by atoms with Gasteiger partial charge in [0.05, 0.1) is 25.4 Å². The van der Waals surface area contributed by atoms with E-state index in [0.29, 0.717) is 11.8 Å². The van der Waals surface area contributed by atoms with E-state index in [4.69, 9.17) is 4.74 Å². The van der Waals surface area contributed by atoms with Gasteiger partial charge in [0.1, 0.15) is 5.75 Å². The molecule has 4 rings (SSSR count). The second kappa shape index (κ2) is 8.06. The van der Waals surface area contributed by atoms with Crippen molar-refractivity contribution in [2.24, 2.45) is 11.8 Å². The number of aryl methyl sites for hydroxylation is 1. The Kier molecular flexibility index (Phi) is 5.50. The number of amides is 2. The fourth-order valence-corrected chi connectivity index (χ4v) is 4.83. The maximum Gasteiger partial charge on any atom is 0.320 e. The van der Waals surface area contributed by atoms with E-state index in [0.717, 1.165) is 44.2 Å². The van der Waals surface area contributed by atoms with Gasteiger partial charge in [0.2, 0.25) is 0 Å². The molecule has 3 heterocycles. The average Bonchev–Trinajstić information content (AvgIpc) is 3.39. The van der Waals surface area contributed by atoms with Gasteiger partial charge in [0.25, 0.3) is 0 Å². The summed E-state index contributed by atoms with van der Waals surface area (Å²) >= 11 is 0. The smallest absolute Gasteiger partial charge is 0.320 e. The quantitative estimate of drug-likeness (QED) is 0.778. The summed E-state index contributed by atoms with van der Waals surface area (Å²) in [6, 6.07) is 10.5. The Morgan fingerprint density at radius 2 is 1.90 bits per heavy atom. The third-order valence-electron chi connectivity index (χ3n) is 6.24. The molecule has 29 heavy (non-hydrogen) atoms. The molecule has 0 bridgehead atoms. The zero-order valence-electron chi connectivity index (χ0n) is 17.8. The van der Waals surface area contributed by atoms with Gasteiger partial charge in [-0.05, 0) is 36.6 Å². The van der Waals surface area contributed by atoms with E-state index >= 15 is 0 Å². The standard InChI is InChI=1S/C22H31N5O2/c1-16-9-10-26(23-16)12-11-25-13-18-14-27(22(28)24(2)3)21(20(18)15-25)17-5-7-19(29-4)8-6-17/h5-10,18,20-21H,11-15H2,1-4H3/t18-,20-,21+/m1/s1. The summed E-state index contributed by atoms with van der Waals surface area (Å²) in [5.41, 5.74) is 2.25. The van der Waals surface area contributed by atoms with Gasteiger partial charge >= 0.3 is 6.03 Å². The van der Waals surface area contributed by atoms with Crippen LogP contribution in [0, 0.1) is 18.8 Å². The lowest BCUT2D eigenvalue weighted by Crippen LogP contribution is -2.41. The normalized spacial score (nSPS) is 24.0. The van der Waals surface area contributed by atoms with Crippen LogP contribution >= 0.6 is 0 Å². The highest BCUT2D eigenvalue weighted by Gasteiger charge is 2.49. The van der Waals surface area contributed by atoms with Gasteiger partial charge in [-0.2, -0.15) is 5.10 Å². The Balaban J connectivity index is 1.50. The molecule has 1 aromatic heterocycles. The van der Waals surface area contributed by atoms with Gasteiger partial charge in [-0.1, -0.05) is 12.1 Å². The first-order valence-corrected chi connectivity index (χ1v) is 10.3. The van der Waals surface area contributed by atoms with Crippen LogP contribution in [0.2, 0.25) is 0 Å². The van der Waals surface area contributed by atoms with Gasteiger partial charge in [-0.25, -0.2) is 4.79 Å². The Hall–Kier alpha value is -2.54. The summed E-state index contributed by atoms with van der Waals surface area (Å²) in [5.74, 6) is 1.80. The SMILES string of the molecule is COc1ccc([C@H]2[C@@H]3CN(CCn4ccc(C)n4)C[C@@H]3CN2C(=O)N(C)C)cc1. The zero-order valence-corrected chi connectivity index (χ0v) is 17.8. The van der Waals surface area contributed by atoms with Crippen molar-refractivity contribution in [3.63, 3.8) is 0 Å². The molecule has 0 radical (unpaired) electrons. The van der Waals surface area contributed by atoms with E-state index in [9.17, 15) is 4.79 Å². The molecule has 2 amide bonds. The molecule has 2 fully saturated rings. The Bertz CT molecular complexity index is 847. The number of carbonyl (C=O) groups excluding carboxylic acids is 1. The molecule has 1 aromatic carbocycles. The number of nitrogens with zero attached hydrogens (tertiary/aromatic N) is 5. The minimum Gasteiger partial charge on any atom is -0.497 e. The van der Waals surface area contributed by atoms with E-state index in [1.807, 2.05) is 50.1 Å². The van der Waals surface area contributed by atoms with Crippen LogP contribution < -0.4 is 4.74 Å². The largest absolute Gasteiger partial charge is 0.497 e. The second-order valence-electron chi connectivity index (χ2n) is 8.45. The van der Waals surface area contributed by atoms with Crippen molar-refractivity contribution in [2.45, 2.75) is 19.5 Å². The number of likely N-dealkylation sites (tertiary alicyclic amines) is 2. The van der Waals surface area contributed by atoms with Crippen LogP contribution in [0.25, 0.3) is 0 Å². The molecule has 0 spiro atoms. The van der Waals surface area contributed by atoms with Crippen LogP contribution in [-0.2, 0) is 6.54 Å². The lowest BCUT2D eigenvalue weighted by Gasteiger charge is -2.32. The molecular weight excluding hydrogens is 366 g/mol. The maximum atomic E-state index is 12.9. The molecule has 0 N–H and O–H groups in total. The highest BCUT2D eigenvalue weighted by Crippen LogP contribution is 2.45. The highest BCUT2D eigenvalue weighted by atomic mass is 16.5. The van der Waals surface area contributed by atoms with E-state index in [2.05, 4.69) is 27.0 Å². The van der Waals surface area contributed by atoms with E-state index in [1.165, 1.54) is 5.56 Å². The van der Waals surface area contributed by atoms with Gasteiger partial charge < -0.3 is 19.4 Å². The lowest BCUT2D eigenvalue weighted by atomic mass is 9.89. The second-order valence-corrected chi connectivity index (χ2v) is 8.45. The lowest BCUT2D eigenvalue weighted by molar-refractivity contribution is 0.152. The summed E-state index contributed by atoms with van der Waals surface area (Å²) < 4.78 is 7.34. The monoisotopic (exact) mass is 397 g/mol. The number of urea groups is 1. The number of methoxy groups -OCH3 is 1. The van der Waals surface area contributed by atoms with Crippen LogP contribution in [0.5, 0.6) is 5.75 Å². The molecule has 7 nitrogen and oxygen atoms in total. The molecule has 2 aromatic rings. The third-order valence-corrected chi connectivity index (χ3v) is 6.24. The van der Waals surface area contributed by atoms with Crippen LogP contribution in [0.3, 0.4) is 0 Å². The van der Waals surface area contributed by atoms with Crippen molar-refractivity contribution in [3.05, 3.63) is 47.8 Å². The first-order valence-electron chi connectivity index (χ1n) is 10.3. The Morgan fingerprint density at radius 3 is 2.52 bits per heavy atom. The Morgan fingerprint density at radius 1 is 1.14 bits per heavy atom. The maximum absolute atomic E-state index is 12.9. The molecule has 0 aliphatic carbocycles. The topological polar surface area (TPSA) is 53.8 Å². The number of benzene rings is 1. The summed E-state index contributed by atoms with van der Waals surface area (Å²) in [4.78, 5) is 19.2. The summed E-state index contributed by atoms with van der Waals surface area (Å²) in [5, 5.41) is 4.50. The number of hydrogen-bond donors (Lipinski definition) is 0. The molecule has 2 aliphatic heterocycles. The molecule has 2 saturated heterocycles. The van der Waals surface area contributed by atoms with Crippen molar-refractivity contribution >= 4 is 6.03 Å². The zero-order chi connectivity index (χ0) is 20.5. The first-order chi connectivity index (χ1) is 14.0. The number of rotatable bonds is 5. The number of carbonyl (C=O) groups is 1. The van der Waals surface area contributed by atoms with E-state index in [-0.39, 0.29) is 12.1 Å². The van der Waals surface area contributed by atoms with Gasteiger partial charge in [-0.15, -0.1) is 0 Å². The number of hydrogen-bond acceptors (Lipinski definition) is 4. The van der Waals surface area contributed by atoms with Gasteiger partial charge in [0.15, 0.2) is 0 Å². The van der Waals surface area contributed by atoms with Crippen LogP contribution in [-0.4, -0.2) is 77.9 Å². The number of fused-ring (bicyclic) bond motifs is 1. The van der Waals surface area contributed by atoms with Crippen LogP contribution in [0.4, 0.5) is 4.79 Å². The summed E-state index contributed by atoms with van der Waals surface area (Å²) in [6.45, 7) is 6.78. The fraction of sp³-hybridized carbons (Fsp3) is 0.545. The number of ether oxygens (including phenoxy) is 1. The van der Waals surface area contributed by atoms with Gasteiger partial charge in [0, 0.05) is 52.4 Å². The molecule has 156 valence electrons. The summed E-state index contributed by atoms with van der Waals surface area (Å²) in [6.07, 6.45) is 2.05. The molecule has 0 unspecified atom stereocenters. The Labute approximate surface area is 172 Å². The molecule has 7 heteroatoms. The minimum atomic E-state index is 0.0961. The van der Waals surface area contributed by atoms with Crippen molar-refractivity contribution in [1.29, 1.82) is 0 Å². The predicted octanol–water partition coefficient (Wildman–Crippen LogP) is 2.49. The van der Waals surface area contributed by atoms with Crippen LogP contribution in [0.15, 0.2) is 36.5 Å². The predicted molar refractivity (Wildman–Crippen MR) is 112 cm³/mol. The molecule has 3 atom stereocenters. The van der Waals surface area contributed by atoms with Crippen molar-refractivity contribution < 1.29 is 9.53 Å². The first kappa shape index (κ1) is 19.8. The van der Waals surface area contributed by atoms with Gasteiger partial charge in [-0.3, -0.25) is 4.68 Å². The fourth-order valence-electron chi connectivity index (χ4n) is 4.83. The highest BCUT2D eigenvalue weighted by molar-refractivity contribution is 5.75. The average molecular weight is 398 g/mol. The van der Waals surface area contributed by atoms with Crippen LogP contribution in [0.1, 0.15) is 17.3 Å². The van der Waals surface area contributed by atoms with E-state index in [1.54, 1.807) is 12.0 Å². The molecule has 0 saturated carbocycles. The van der Waals surface area contributed by atoms with Crippen molar-refractivity contribution in [3.8, 4) is 5.75 Å². The summed E-state index contributed by atoms with van der Waals surface area (Å²) in [7, 11) is 5.35. The van der Waals surface area contributed by atoms with E-state index < -0.39 is 0 Å². The molecule has 2 aliphatic rings. The molecular formula is C22H31N5O2.